The number of thioether (sulfide) groups is 1. The minimum Gasteiger partial charge on any atom is -0.302 e. The molecule has 3 heteroatoms. The number of nitrogens with one attached hydrogen (secondary N) is 1. The number of hydrogen-bond acceptors (Lipinski definition) is 2. The van der Waals surface area contributed by atoms with Crippen LogP contribution in [-0.2, 0) is 0 Å². The van der Waals surface area contributed by atoms with Crippen molar-refractivity contribution < 1.29 is 0 Å². The smallest absolute Gasteiger partial charge is 0.0645 e. The van der Waals surface area contributed by atoms with Crippen LogP contribution in [0.15, 0.2) is 0 Å². The highest BCUT2D eigenvalue weighted by atomic mass is 35.5. The molecule has 66 valence electrons. The molecule has 1 N–H and O–H groups in total. The Balaban J connectivity index is 0.000000605. The quantitative estimate of drug-likeness (QED) is 0.634. The maximum Gasteiger partial charge on any atom is 0.0645 e. The minimum absolute atomic E-state index is 0. The lowest BCUT2D eigenvalue weighted by Crippen LogP contribution is -2.38. The fourth-order valence-electron chi connectivity index (χ4n) is 2.02. The van der Waals surface area contributed by atoms with Crippen molar-refractivity contribution in [3.8, 4) is 0 Å². The van der Waals surface area contributed by atoms with E-state index in [2.05, 4.69) is 17.1 Å². The van der Waals surface area contributed by atoms with E-state index >= 15 is 0 Å². The first-order valence-corrected chi connectivity index (χ1v) is 5.29. The molecule has 1 saturated heterocycles. The average Bonchev–Trinajstić information content (AvgIpc) is 2.39. The molecular weight excluding hydrogens is 178 g/mol. The van der Waals surface area contributed by atoms with Crippen molar-refractivity contribution >= 4 is 24.2 Å². The maximum atomic E-state index is 3.63. The fourth-order valence-corrected chi connectivity index (χ4v) is 3.40. The molecule has 0 aromatic heterocycles. The van der Waals surface area contributed by atoms with E-state index in [-0.39, 0.29) is 12.4 Å². The summed E-state index contributed by atoms with van der Waals surface area (Å²) in [6, 6.07) is 0. The molecule has 0 unspecified atom stereocenters. The maximum absolute atomic E-state index is 3.63. The van der Waals surface area contributed by atoms with Crippen LogP contribution in [0.4, 0.5) is 0 Å². The van der Waals surface area contributed by atoms with Crippen molar-refractivity contribution in [2.75, 3.05) is 12.3 Å². The van der Waals surface area contributed by atoms with E-state index in [1.165, 1.54) is 44.4 Å². The van der Waals surface area contributed by atoms with Gasteiger partial charge in [-0.2, -0.15) is 0 Å². The van der Waals surface area contributed by atoms with Gasteiger partial charge in [0.25, 0.3) is 0 Å². The molecule has 11 heavy (non-hydrogen) atoms. The summed E-state index contributed by atoms with van der Waals surface area (Å²) in [5.74, 6) is 1.33. The molecule has 0 amide bonds. The number of hydrogen-bond donors (Lipinski definition) is 1. The van der Waals surface area contributed by atoms with E-state index in [4.69, 9.17) is 0 Å². The van der Waals surface area contributed by atoms with Gasteiger partial charge in [0.15, 0.2) is 0 Å². The Hall–Kier alpha value is 0.600. The predicted molar refractivity (Wildman–Crippen MR) is 53.5 cm³/mol. The van der Waals surface area contributed by atoms with Gasteiger partial charge in [-0.3, -0.25) is 0 Å². The number of halogens is 1. The normalized spacial score (nSPS) is 28.4. The Kier molecular flexibility index (Phi) is 3.53. The molecule has 1 aliphatic heterocycles. The van der Waals surface area contributed by atoms with Gasteiger partial charge < -0.3 is 5.32 Å². The van der Waals surface area contributed by atoms with Crippen LogP contribution in [0.5, 0.6) is 0 Å². The van der Waals surface area contributed by atoms with Crippen molar-refractivity contribution in [3.05, 3.63) is 0 Å². The third-order valence-electron chi connectivity index (χ3n) is 2.59. The highest BCUT2D eigenvalue weighted by Gasteiger charge is 2.34. The van der Waals surface area contributed by atoms with E-state index in [1.54, 1.807) is 0 Å². The van der Waals surface area contributed by atoms with E-state index < -0.39 is 0 Å². The first-order valence-electron chi connectivity index (χ1n) is 4.30. The Bertz CT molecular complexity index is 115. The van der Waals surface area contributed by atoms with Crippen LogP contribution in [0.25, 0.3) is 0 Å². The molecule has 2 fully saturated rings. The summed E-state index contributed by atoms with van der Waals surface area (Å²) >= 11 is 2.15. The second kappa shape index (κ2) is 4.01. The van der Waals surface area contributed by atoms with Gasteiger partial charge in [-0.15, -0.1) is 24.2 Å². The zero-order valence-electron chi connectivity index (χ0n) is 6.77. The molecule has 0 bridgehead atoms. The standard InChI is InChI=1S/C8H15NS.ClH/c1-2-4-8(5-3-1)9-6-7-10-8;/h9H,1-7H2;1H. The van der Waals surface area contributed by atoms with Gasteiger partial charge in [-0.1, -0.05) is 19.3 Å². The molecule has 1 spiro atoms. The van der Waals surface area contributed by atoms with Crippen LogP contribution >= 0.6 is 24.2 Å². The summed E-state index contributed by atoms with van der Waals surface area (Å²) < 4.78 is 0. The summed E-state index contributed by atoms with van der Waals surface area (Å²) in [6.45, 7) is 1.24. The molecule has 2 aliphatic rings. The van der Waals surface area contributed by atoms with Crippen LogP contribution in [0.2, 0.25) is 0 Å². The van der Waals surface area contributed by atoms with Crippen molar-refractivity contribution in [1.29, 1.82) is 0 Å². The summed E-state index contributed by atoms with van der Waals surface area (Å²) in [5.41, 5.74) is 0. The molecular formula is C8H16ClNS. The summed E-state index contributed by atoms with van der Waals surface area (Å²) in [4.78, 5) is 0.540. The topological polar surface area (TPSA) is 12.0 Å². The zero-order valence-corrected chi connectivity index (χ0v) is 8.40. The Morgan fingerprint density at radius 1 is 1.09 bits per heavy atom. The molecule has 0 radical (unpaired) electrons. The fraction of sp³-hybridized carbons (Fsp3) is 1.00. The summed E-state index contributed by atoms with van der Waals surface area (Å²) in [6.07, 6.45) is 7.18. The molecule has 1 aliphatic carbocycles. The molecule has 1 nitrogen and oxygen atoms in total. The first-order chi connectivity index (χ1) is 4.91. The lowest BCUT2D eigenvalue weighted by molar-refractivity contribution is 0.357. The summed E-state index contributed by atoms with van der Waals surface area (Å²) in [5, 5.41) is 3.63. The second-order valence-corrected chi connectivity index (χ2v) is 4.81. The van der Waals surface area contributed by atoms with Crippen molar-refractivity contribution in [2.45, 2.75) is 37.0 Å². The van der Waals surface area contributed by atoms with E-state index in [9.17, 15) is 0 Å². The van der Waals surface area contributed by atoms with Gasteiger partial charge in [0.2, 0.25) is 0 Å². The van der Waals surface area contributed by atoms with Crippen molar-refractivity contribution in [2.24, 2.45) is 0 Å². The second-order valence-electron chi connectivity index (χ2n) is 3.33. The van der Waals surface area contributed by atoms with Gasteiger partial charge in [0, 0.05) is 12.3 Å². The van der Waals surface area contributed by atoms with Crippen molar-refractivity contribution in [1.82, 2.24) is 5.32 Å². The van der Waals surface area contributed by atoms with Crippen LogP contribution in [0.1, 0.15) is 32.1 Å². The predicted octanol–water partition coefficient (Wildman–Crippen LogP) is 2.41. The molecule has 0 aromatic carbocycles. The molecule has 0 aromatic rings. The Labute approximate surface area is 79.1 Å². The van der Waals surface area contributed by atoms with Crippen LogP contribution in [0, 0.1) is 0 Å². The van der Waals surface area contributed by atoms with E-state index in [1.807, 2.05) is 0 Å². The van der Waals surface area contributed by atoms with Crippen LogP contribution in [-0.4, -0.2) is 17.2 Å². The third kappa shape index (κ3) is 2.04. The van der Waals surface area contributed by atoms with E-state index in [0.29, 0.717) is 4.87 Å². The Morgan fingerprint density at radius 2 is 1.82 bits per heavy atom. The van der Waals surface area contributed by atoms with Gasteiger partial charge in [-0.05, 0) is 12.8 Å². The van der Waals surface area contributed by atoms with Gasteiger partial charge >= 0.3 is 0 Å². The van der Waals surface area contributed by atoms with E-state index in [0.717, 1.165) is 0 Å². The van der Waals surface area contributed by atoms with Gasteiger partial charge in [0.05, 0.1) is 4.87 Å². The molecule has 1 saturated carbocycles. The number of rotatable bonds is 0. The highest BCUT2D eigenvalue weighted by molar-refractivity contribution is 8.00. The lowest BCUT2D eigenvalue weighted by Gasteiger charge is -2.32. The molecule has 2 rings (SSSR count). The largest absolute Gasteiger partial charge is 0.302 e. The molecule has 0 atom stereocenters. The summed E-state index contributed by atoms with van der Waals surface area (Å²) in [7, 11) is 0. The monoisotopic (exact) mass is 193 g/mol. The highest BCUT2D eigenvalue weighted by Crippen LogP contribution is 2.40. The van der Waals surface area contributed by atoms with Crippen molar-refractivity contribution in [3.63, 3.8) is 0 Å². The van der Waals surface area contributed by atoms with Gasteiger partial charge in [0.1, 0.15) is 0 Å². The zero-order chi connectivity index (χ0) is 6.86. The third-order valence-corrected chi connectivity index (χ3v) is 4.10. The first kappa shape index (κ1) is 9.69. The van der Waals surface area contributed by atoms with Crippen LogP contribution < -0.4 is 5.32 Å². The van der Waals surface area contributed by atoms with Gasteiger partial charge in [-0.25, -0.2) is 0 Å². The Morgan fingerprint density at radius 3 is 2.36 bits per heavy atom. The SMILES string of the molecule is C1CCC2(CC1)NCCS2.Cl. The van der Waals surface area contributed by atoms with Crippen LogP contribution in [0.3, 0.4) is 0 Å². The molecule has 1 heterocycles. The minimum atomic E-state index is 0. The average molecular weight is 194 g/mol. The lowest BCUT2D eigenvalue weighted by atomic mass is 9.95.